The van der Waals surface area contributed by atoms with Crippen molar-refractivity contribution in [2.75, 3.05) is 30.5 Å². The number of hydrogen-bond donors (Lipinski definition) is 1. The van der Waals surface area contributed by atoms with Gasteiger partial charge in [0.05, 0.1) is 29.2 Å². The number of carbonyl (C=O) groups is 2. The molecular formula is C24H24ClN3O4S. The molecule has 1 aliphatic heterocycles. The molecule has 7 nitrogen and oxygen atoms in total. The number of amides is 2. The zero-order valence-corrected chi connectivity index (χ0v) is 20.2. The van der Waals surface area contributed by atoms with Crippen LogP contribution in [-0.2, 0) is 16.0 Å². The first-order chi connectivity index (χ1) is 15.9. The minimum absolute atomic E-state index is 0.125. The quantitative estimate of drug-likeness (QED) is 0.503. The van der Waals surface area contributed by atoms with E-state index in [0.29, 0.717) is 27.9 Å². The van der Waals surface area contributed by atoms with Crippen LogP contribution in [-0.4, -0.2) is 37.1 Å². The van der Waals surface area contributed by atoms with Gasteiger partial charge in [-0.15, -0.1) is 11.3 Å². The smallest absolute Gasteiger partial charge is 0.265 e. The lowest BCUT2D eigenvalue weighted by atomic mass is 10.1. The summed E-state index contributed by atoms with van der Waals surface area (Å²) in [5, 5.41) is 6.44. The van der Waals surface area contributed by atoms with Gasteiger partial charge in [-0.1, -0.05) is 18.5 Å². The summed E-state index contributed by atoms with van der Waals surface area (Å²) in [5.74, 6) is 0.343. The van der Waals surface area contributed by atoms with Crippen LogP contribution in [0.1, 0.15) is 23.9 Å². The fraction of sp³-hybridized carbons (Fsp3) is 0.292. The average molecular weight is 486 g/mol. The van der Waals surface area contributed by atoms with Crippen molar-refractivity contribution in [3.05, 3.63) is 51.3 Å². The second-order valence-electron chi connectivity index (χ2n) is 7.68. The van der Waals surface area contributed by atoms with Crippen molar-refractivity contribution >= 4 is 46.1 Å². The first kappa shape index (κ1) is 23.1. The second kappa shape index (κ2) is 9.80. The minimum atomic E-state index is -0.361. The molecule has 1 aliphatic rings. The molecule has 0 aliphatic carbocycles. The molecule has 0 saturated heterocycles. The summed E-state index contributed by atoms with van der Waals surface area (Å²) in [6, 6.07) is 8.96. The molecule has 4 rings (SSSR count). The molecule has 0 bridgehead atoms. The number of methoxy groups -OCH3 is 1. The van der Waals surface area contributed by atoms with Crippen LogP contribution in [0, 0.1) is 6.92 Å². The fourth-order valence-corrected chi connectivity index (χ4v) is 4.63. The van der Waals surface area contributed by atoms with Gasteiger partial charge in [-0.05, 0) is 49.6 Å². The van der Waals surface area contributed by atoms with Gasteiger partial charge in [0.25, 0.3) is 5.91 Å². The molecule has 2 aromatic carbocycles. The van der Waals surface area contributed by atoms with Gasteiger partial charge in [-0.2, -0.15) is 0 Å². The van der Waals surface area contributed by atoms with E-state index in [1.54, 1.807) is 23.5 Å². The Morgan fingerprint density at radius 1 is 1.33 bits per heavy atom. The zero-order chi connectivity index (χ0) is 23.5. The molecular weight excluding hydrogens is 462 g/mol. The molecule has 2 heterocycles. The van der Waals surface area contributed by atoms with E-state index in [2.05, 4.69) is 17.2 Å². The molecule has 0 atom stereocenters. The van der Waals surface area contributed by atoms with Gasteiger partial charge in [0, 0.05) is 22.0 Å². The van der Waals surface area contributed by atoms with Gasteiger partial charge in [0.1, 0.15) is 18.0 Å². The number of aryl methyl sites for hydroxylation is 2. The minimum Gasteiger partial charge on any atom is -0.495 e. The molecule has 1 aromatic heterocycles. The van der Waals surface area contributed by atoms with E-state index in [4.69, 9.17) is 21.1 Å². The van der Waals surface area contributed by atoms with E-state index in [9.17, 15) is 9.59 Å². The summed E-state index contributed by atoms with van der Waals surface area (Å²) in [5.41, 5.74) is 3.55. The maximum Gasteiger partial charge on any atom is 0.265 e. The number of hydrogen-bond acceptors (Lipinski definition) is 6. The number of fused-ring (bicyclic) bond motifs is 1. The maximum absolute atomic E-state index is 12.9. The number of thiazole rings is 1. The van der Waals surface area contributed by atoms with Gasteiger partial charge in [-0.25, -0.2) is 4.98 Å². The number of ether oxygens (including phenoxy) is 2. The summed E-state index contributed by atoms with van der Waals surface area (Å²) in [6.45, 7) is 3.67. The summed E-state index contributed by atoms with van der Waals surface area (Å²) in [7, 11) is 1.50. The Bertz CT molecular complexity index is 1210. The predicted molar refractivity (Wildman–Crippen MR) is 131 cm³/mol. The summed E-state index contributed by atoms with van der Waals surface area (Å²) < 4.78 is 10.9. The average Bonchev–Trinajstić information content (AvgIpc) is 3.26. The Kier molecular flexibility index (Phi) is 6.85. The molecule has 33 heavy (non-hydrogen) atoms. The van der Waals surface area contributed by atoms with Gasteiger partial charge >= 0.3 is 0 Å². The van der Waals surface area contributed by atoms with Crippen LogP contribution in [0.3, 0.4) is 0 Å². The van der Waals surface area contributed by atoms with E-state index < -0.39 is 0 Å². The van der Waals surface area contributed by atoms with Crippen molar-refractivity contribution in [1.29, 1.82) is 0 Å². The highest BCUT2D eigenvalue weighted by Crippen LogP contribution is 2.37. The molecule has 0 spiro atoms. The van der Waals surface area contributed by atoms with E-state index >= 15 is 0 Å². The van der Waals surface area contributed by atoms with E-state index in [1.165, 1.54) is 12.0 Å². The zero-order valence-electron chi connectivity index (χ0n) is 18.6. The van der Waals surface area contributed by atoms with Crippen LogP contribution < -0.4 is 19.7 Å². The van der Waals surface area contributed by atoms with E-state index in [0.717, 1.165) is 34.7 Å². The Morgan fingerprint density at radius 3 is 2.91 bits per heavy atom. The standard InChI is InChI=1S/C24H24ClN3O4S/c1-4-5-23-27-18(13-33-23)15-6-7-20-19(9-15)28(24(30)12-32-20)11-22(29)26-17-8-14(2)16(25)10-21(17)31-3/h6-10,13H,4-5,11-12H2,1-3H3,(H,26,29). The van der Waals surface area contributed by atoms with Crippen molar-refractivity contribution in [2.45, 2.75) is 26.7 Å². The Balaban J connectivity index is 1.58. The third-order valence-electron chi connectivity index (χ3n) is 5.27. The number of nitrogens with one attached hydrogen (secondary N) is 1. The number of anilines is 2. The molecule has 2 amide bonds. The highest BCUT2D eigenvalue weighted by atomic mass is 35.5. The SMILES string of the molecule is CCCc1nc(-c2ccc3c(c2)N(CC(=O)Nc2cc(C)c(Cl)cc2OC)C(=O)CO3)cs1. The number of aromatic nitrogens is 1. The van der Waals surface area contributed by atoms with Gasteiger partial charge in [-0.3, -0.25) is 14.5 Å². The Labute approximate surface area is 201 Å². The third kappa shape index (κ3) is 4.96. The molecule has 0 saturated carbocycles. The highest BCUT2D eigenvalue weighted by Gasteiger charge is 2.28. The third-order valence-corrected chi connectivity index (χ3v) is 6.59. The monoisotopic (exact) mass is 485 g/mol. The highest BCUT2D eigenvalue weighted by molar-refractivity contribution is 7.09. The second-order valence-corrected chi connectivity index (χ2v) is 9.03. The van der Waals surface area contributed by atoms with E-state index in [-0.39, 0.29) is 25.0 Å². The summed E-state index contributed by atoms with van der Waals surface area (Å²) in [4.78, 5) is 31.7. The van der Waals surface area contributed by atoms with Crippen LogP contribution in [0.4, 0.5) is 11.4 Å². The number of rotatable bonds is 7. The largest absolute Gasteiger partial charge is 0.495 e. The fourth-order valence-electron chi connectivity index (χ4n) is 3.57. The molecule has 0 fully saturated rings. The van der Waals surface area contributed by atoms with E-state index in [1.807, 2.05) is 30.5 Å². The number of carbonyl (C=O) groups excluding carboxylic acids is 2. The number of benzene rings is 2. The first-order valence-corrected chi connectivity index (χ1v) is 11.8. The van der Waals surface area contributed by atoms with Crippen LogP contribution >= 0.6 is 22.9 Å². The lowest BCUT2D eigenvalue weighted by Gasteiger charge is -2.29. The molecule has 9 heteroatoms. The van der Waals surface area contributed by atoms with Crippen molar-refractivity contribution in [3.63, 3.8) is 0 Å². The molecule has 3 aromatic rings. The lowest BCUT2D eigenvalue weighted by Crippen LogP contribution is -2.43. The number of halogens is 1. The first-order valence-electron chi connectivity index (χ1n) is 10.6. The summed E-state index contributed by atoms with van der Waals surface area (Å²) >= 11 is 7.77. The van der Waals surface area contributed by atoms with Crippen LogP contribution in [0.15, 0.2) is 35.7 Å². The van der Waals surface area contributed by atoms with Crippen molar-refractivity contribution < 1.29 is 19.1 Å². The van der Waals surface area contributed by atoms with Crippen LogP contribution in [0.5, 0.6) is 11.5 Å². The predicted octanol–water partition coefficient (Wildman–Crippen LogP) is 5.10. The summed E-state index contributed by atoms with van der Waals surface area (Å²) in [6.07, 6.45) is 1.96. The number of nitrogens with zero attached hydrogens (tertiary/aromatic N) is 2. The lowest BCUT2D eigenvalue weighted by molar-refractivity contribution is -0.123. The Morgan fingerprint density at radius 2 is 2.15 bits per heavy atom. The molecule has 0 unspecified atom stereocenters. The van der Waals surface area contributed by atoms with Gasteiger partial charge in [0.2, 0.25) is 5.91 Å². The topological polar surface area (TPSA) is 80.8 Å². The van der Waals surface area contributed by atoms with Crippen LogP contribution in [0.2, 0.25) is 5.02 Å². The molecule has 172 valence electrons. The molecule has 0 radical (unpaired) electrons. The van der Waals surface area contributed by atoms with Crippen molar-refractivity contribution in [1.82, 2.24) is 4.98 Å². The normalized spacial score (nSPS) is 12.8. The molecule has 1 N–H and O–H groups in total. The van der Waals surface area contributed by atoms with Crippen LogP contribution in [0.25, 0.3) is 11.3 Å². The Hall–Kier alpha value is -3.10. The van der Waals surface area contributed by atoms with Crippen molar-refractivity contribution in [2.24, 2.45) is 0 Å². The van der Waals surface area contributed by atoms with Crippen molar-refractivity contribution in [3.8, 4) is 22.8 Å². The van der Waals surface area contributed by atoms with Gasteiger partial charge < -0.3 is 14.8 Å². The van der Waals surface area contributed by atoms with Gasteiger partial charge in [0.15, 0.2) is 6.61 Å². The maximum atomic E-state index is 12.9.